The van der Waals surface area contributed by atoms with E-state index in [0.717, 1.165) is 0 Å². The number of rotatable bonds is 5. The van der Waals surface area contributed by atoms with E-state index in [9.17, 15) is 9.18 Å². The summed E-state index contributed by atoms with van der Waals surface area (Å²) in [7, 11) is 0. The molecule has 0 saturated heterocycles. The third-order valence-electron chi connectivity index (χ3n) is 2.02. The first kappa shape index (κ1) is 14.1. The zero-order chi connectivity index (χ0) is 12.8. The Labute approximate surface area is 108 Å². The Balaban J connectivity index is 2.44. The van der Waals surface area contributed by atoms with Gasteiger partial charge in [-0.25, -0.2) is 4.39 Å². The van der Waals surface area contributed by atoms with Crippen LogP contribution in [0.5, 0.6) is 0 Å². The van der Waals surface area contributed by atoms with Crippen molar-refractivity contribution in [2.45, 2.75) is 20.0 Å². The van der Waals surface area contributed by atoms with E-state index >= 15 is 0 Å². The predicted molar refractivity (Wildman–Crippen MR) is 67.5 cm³/mol. The van der Waals surface area contributed by atoms with E-state index in [2.05, 4.69) is 21.2 Å². The summed E-state index contributed by atoms with van der Waals surface area (Å²) in [5.74, 6) is -0.622. The van der Waals surface area contributed by atoms with Crippen LogP contribution in [0, 0.1) is 5.82 Å². The second kappa shape index (κ2) is 6.71. The largest absolute Gasteiger partial charge is 0.377 e. The predicted octanol–water partition coefficient (Wildman–Crippen LogP) is 2.74. The molecule has 1 amide bonds. The monoisotopic (exact) mass is 303 g/mol. The molecule has 3 nitrogen and oxygen atoms in total. The molecular formula is C12H15BrFNO2. The number of nitrogens with one attached hydrogen (secondary N) is 1. The SMILES string of the molecule is CC(C)OCCNC(=O)c1ccc(F)c(Br)c1. The Kier molecular flexibility index (Phi) is 5.58. The highest BCUT2D eigenvalue weighted by Gasteiger charge is 2.07. The van der Waals surface area contributed by atoms with E-state index in [1.165, 1.54) is 18.2 Å². The number of amides is 1. The van der Waals surface area contributed by atoms with Gasteiger partial charge in [0.15, 0.2) is 0 Å². The van der Waals surface area contributed by atoms with Crippen LogP contribution >= 0.6 is 15.9 Å². The number of halogens is 2. The minimum atomic E-state index is -0.385. The Hall–Kier alpha value is -0.940. The van der Waals surface area contributed by atoms with Crippen molar-refractivity contribution < 1.29 is 13.9 Å². The number of carbonyl (C=O) groups is 1. The van der Waals surface area contributed by atoms with Gasteiger partial charge in [0.25, 0.3) is 5.91 Å². The molecule has 94 valence electrons. The second-order valence-corrected chi connectivity index (χ2v) is 4.66. The van der Waals surface area contributed by atoms with Crippen molar-refractivity contribution in [1.29, 1.82) is 0 Å². The van der Waals surface area contributed by atoms with Crippen molar-refractivity contribution in [2.24, 2.45) is 0 Å². The number of hydrogen-bond acceptors (Lipinski definition) is 2. The molecule has 1 aromatic carbocycles. The molecule has 0 fully saturated rings. The van der Waals surface area contributed by atoms with Crippen LogP contribution in [0.2, 0.25) is 0 Å². The molecule has 0 aliphatic rings. The van der Waals surface area contributed by atoms with Crippen LogP contribution < -0.4 is 5.32 Å². The Bertz CT molecular complexity index is 396. The standard InChI is InChI=1S/C12H15BrFNO2/c1-8(2)17-6-5-15-12(16)9-3-4-11(14)10(13)7-9/h3-4,7-8H,5-6H2,1-2H3,(H,15,16). The van der Waals surface area contributed by atoms with Crippen LogP contribution in [0.15, 0.2) is 22.7 Å². The van der Waals surface area contributed by atoms with Gasteiger partial charge in [-0.05, 0) is 48.0 Å². The van der Waals surface area contributed by atoms with Gasteiger partial charge in [-0.2, -0.15) is 0 Å². The minimum absolute atomic E-state index is 0.145. The van der Waals surface area contributed by atoms with Crippen molar-refractivity contribution in [3.8, 4) is 0 Å². The fraction of sp³-hybridized carbons (Fsp3) is 0.417. The van der Waals surface area contributed by atoms with E-state index in [4.69, 9.17) is 4.74 Å². The molecule has 0 aromatic heterocycles. The highest BCUT2D eigenvalue weighted by atomic mass is 79.9. The molecule has 1 aromatic rings. The molecule has 17 heavy (non-hydrogen) atoms. The van der Waals surface area contributed by atoms with Gasteiger partial charge in [0.1, 0.15) is 5.82 Å². The van der Waals surface area contributed by atoms with Crippen molar-refractivity contribution >= 4 is 21.8 Å². The fourth-order valence-electron chi connectivity index (χ4n) is 1.20. The second-order valence-electron chi connectivity index (χ2n) is 3.80. The summed E-state index contributed by atoms with van der Waals surface area (Å²) in [4.78, 5) is 11.6. The molecule has 0 heterocycles. The molecule has 0 aliphatic carbocycles. The molecule has 0 bridgehead atoms. The summed E-state index contributed by atoms with van der Waals surface area (Å²) < 4.78 is 18.5. The van der Waals surface area contributed by atoms with Crippen molar-refractivity contribution in [2.75, 3.05) is 13.2 Å². The van der Waals surface area contributed by atoms with E-state index < -0.39 is 0 Å². The van der Waals surface area contributed by atoms with Crippen LogP contribution in [-0.2, 0) is 4.74 Å². The van der Waals surface area contributed by atoms with E-state index in [1.54, 1.807) is 0 Å². The molecule has 0 unspecified atom stereocenters. The Morgan fingerprint density at radius 1 is 1.53 bits per heavy atom. The lowest BCUT2D eigenvalue weighted by Gasteiger charge is -2.08. The lowest BCUT2D eigenvalue weighted by atomic mass is 10.2. The normalized spacial score (nSPS) is 10.6. The van der Waals surface area contributed by atoms with Crippen molar-refractivity contribution in [3.63, 3.8) is 0 Å². The fourth-order valence-corrected chi connectivity index (χ4v) is 1.58. The van der Waals surface area contributed by atoms with Crippen molar-refractivity contribution in [3.05, 3.63) is 34.1 Å². The molecular weight excluding hydrogens is 289 g/mol. The van der Waals surface area contributed by atoms with Gasteiger partial charge in [-0.1, -0.05) is 0 Å². The summed E-state index contributed by atoms with van der Waals surface area (Å²) >= 11 is 3.04. The molecule has 0 saturated carbocycles. The average Bonchev–Trinajstić information content (AvgIpc) is 2.27. The first-order valence-corrected chi connectivity index (χ1v) is 6.15. The summed E-state index contributed by atoms with van der Waals surface area (Å²) in [5.41, 5.74) is 0.419. The van der Waals surface area contributed by atoms with E-state index in [-0.39, 0.29) is 22.3 Å². The van der Waals surface area contributed by atoms with Crippen LogP contribution in [-0.4, -0.2) is 25.2 Å². The van der Waals surface area contributed by atoms with Gasteiger partial charge in [0.2, 0.25) is 0 Å². The van der Waals surface area contributed by atoms with Gasteiger partial charge in [-0.3, -0.25) is 4.79 Å². The van der Waals surface area contributed by atoms with E-state index in [1.807, 2.05) is 13.8 Å². The smallest absolute Gasteiger partial charge is 0.251 e. The van der Waals surface area contributed by atoms with Crippen LogP contribution in [0.4, 0.5) is 4.39 Å². The summed E-state index contributed by atoms with van der Waals surface area (Å²) in [6.07, 6.45) is 0.145. The zero-order valence-electron chi connectivity index (χ0n) is 9.80. The molecule has 0 aliphatic heterocycles. The maximum atomic E-state index is 13.0. The number of ether oxygens (including phenoxy) is 1. The topological polar surface area (TPSA) is 38.3 Å². The van der Waals surface area contributed by atoms with E-state index in [0.29, 0.717) is 18.7 Å². The third kappa shape index (κ3) is 4.83. The highest BCUT2D eigenvalue weighted by Crippen LogP contribution is 2.16. The highest BCUT2D eigenvalue weighted by molar-refractivity contribution is 9.10. The zero-order valence-corrected chi connectivity index (χ0v) is 11.4. The minimum Gasteiger partial charge on any atom is -0.377 e. The average molecular weight is 304 g/mol. The van der Waals surface area contributed by atoms with Gasteiger partial charge >= 0.3 is 0 Å². The molecule has 1 rings (SSSR count). The maximum Gasteiger partial charge on any atom is 0.251 e. The van der Waals surface area contributed by atoms with Gasteiger partial charge in [0, 0.05) is 12.1 Å². The molecule has 5 heteroatoms. The Morgan fingerprint density at radius 2 is 2.24 bits per heavy atom. The van der Waals surface area contributed by atoms with Gasteiger partial charge in [-0.15, -0.1) is 0 Å². The maximum absolute atomic E-state index is 13.0. The van der Waals surface area contributed by atoms with Gasteiger partial charge < -0.3 is 10.1 Å². The van der Waals surface area contributed by atoms with Crippen LogP contribution in [0.3, 0.4) is 0 Å². The molecule has 0 atom stereocenters. The first-order chi connectivity index (χ1) is 8.00. The number of hydrogen-bond donors (Lipinski definition) is 1. The van der Waals surface area contributed by atoms with Crippen molar-refractivity contribution in [1.82, 2.24) is 5.32 Å². The van der Waals surface area contributed by atoms with Gasteiger partial charge in [0.05, 0.1) is 17.2 Å². The molecule has 1 N–H and O–H groups in total. The van der Waals surface area contributed by atoms with Crippen LogP contribution in [0.1, 0.15) is 24.2 Å². The summed E-state index contributed by atoms with van der Waals surface area (Å²) in [5, 5.41) is 2.69. The lowest BCUT2D eigenvalue weighted by Crippen LogP contribution is -2.28. The quantitative estimate of drug-likeness (QED) is 0.850. The number of benzene rings is 1. The lowest BCUT2D eigenvalue weighted by molar-refractivity contribution is 0.0746. The summed E-state index contributed by atoms with van der Waals surface area (Å²) in [6, 6.07) is 4.15. The van der Waals surface area contributed by atoms with Crippen LogP contribution in [0.25, 0.3) is 0 Å². The molecule has 0 spiro atoms. The summed E-state index contributed by atoms with van der Waals surface area (Å²) in [6.45, 7) is 4.76. The first-order valence-electron chi connectivity index (χ1n) is 5.35. The third-order valence-corrected chi connectivity index (χ3v) is 2.63. The Morgan fingerprint density at radius 3 is 2.82 bits per heavy atom. The number of carbonyl (C=O) groups excluding carboxylic acids is 1. The molecule has 0 radical (unpaired) electrons.